The van der Waals surface area contributed by atoms with Gasteiger partial charge in [-0.15, -0.1) is 0 Å². The van der Waals surface area contributed by atoms with Crippen molar-refractivity contribution < 1.29 is 13.2 Å². The number of sulfone groups is 1. The lowest BCUT2D eigenvalue weighted by molar-refractivity contribution is -0.139. The van der Waals surface area contributed by atoms with Gasteiger partial charge < -0.3 is 15.1 Å². The molecule has 2 aromatic carbocycles. The van der Waals surface area contributed by atoms with Crippen molar-refractivity contribution in [3.8, 4) is 0 Å². The van der Waals surface area contributed by atoms with Crippen LogP contribution in [0.4, 0.5) is 0 Å². The summed E-state index contributed by atoms with van der Waals surface area (Å²) in [7, 11) is -3.20. The van der Waals surface area contributed by atoms with Gasteiger partial charge in [-0.2, -0.15) is 0 Å². The third-order valence-corrected chi connectivity index (χ3v) is 9.33. The van der Waals surface area contributed by atoms with Gasteiger partial charge in [-0.25, -0.2) is 8.42 Å². The Morgan fingerprint density at radius 3 is 2.29 bits per heavy atom. The summed E-state index contributed by atoms with van der Waals surface area (Å²) in [5, 5.41) is 3.59. The molecule has 3 aliphatic heterocycles. The molecule has 7 heteroatoms. The van der Waals surface area contributed by atoms with E-state index < -0.39 is 9.84 Å². The number of carbonyl (C=O) groups is 1. The number of rotatable bonds is 6. The monoisotopic (exact) mass is 481 g/mol. The fourth-order valence-corrected chi connectivity index (χ4v) is 6.71. The minimum atomic E-state index is -3.20. The average molecular weight is 482 g/mol. The largest absolute Gasteiger partial charge is 0.338 e. The molecule has 0 saturated carbocycles. The van der Waals surface area contributed by atoms with Crippen molar-refractivity contribution in [2.75, 3.05) is 45.5 Å². The summed E-state index contributed by atoms with van der Waals surface area (Å²) in [4.78, 5) is 18.3. The first-order chi connectivity index (χ1) is 16.3. The van der Waals surface area contributed by atoms with Gasteiger partial charge in [0.2, 0.25) is 5.91 Å². The maximum absolute atomic E-state index is 13.4. The Morgan fingerprint density at radius 2 is 1.62 bits per heavy atom. The first kappa shape index (κ1) is 23.5. The van der Waals surface area contributed by atoms with Gasteiger partial charge in [0.25, 0.3) is 0 Å². The lowest BCUT2D eigenvalue weighted by Crippen LogP contribution is -2.46. The normalized spacial score (nSPS) is 25.3. The predicted molar refractivity (Wildman–Crippen MR) is 133 cm³/mol. The van der Waals surface area contributed by atoms with Gasteiger partial charge in [-0.05, 0) is 68.1 Å². The third-order valence-electron chi connectivity index (χ3n) is 8.20. The summed E-state index contributed by atoms with van der Waals surface area (Å²) in [5.74, 6) is 1.46. The van der Waals surface area contributed by atoms with Crippen LogP contribution in [0.2, 0.25) is 0 Å². The van der Waals surface area contributed by atoms with Crippen LogP contribution in [-0.2, 0) is 21.2 Å². The molecule has 182 valence electrons. The highest BCUT2D eigenvalue weighted by Gasteiger charge is 2.48. The molecule has 6 nitrogen and oxygen atoms in total. The highest BCUT2D eigenvalue weighted by molar-refractivity contribution is 7.90. The molecule has 2 atom stereocenters. The quantitative estimate of drug-likeness (QED) is 0.687. The smallest absolute Gasteiger partial charge is 0.229 e. The van der Waals surface area contributed by atoms with Gasteiger partial charge in [0.15, 0.2) is 9.84 Å². The zero-order valence-electron chi connectivity index (χ0n) is 19.9. The zero-order chi connectivity index (χ0) is 23.8. The van der Waals surface area contributed by atoms with Crippen LogP contribution < -0.4 is 5.32 Å². The molecular weight excluding hydrogens is 446 g/mol. The van der Waals surface area contributed by atoms with E-state index >= 15 is 0 Å². The third kappa shape index (κ3) is 4.79. The molecule has 2 aromatic rings. The standard InChI is InChI=1S/C27H35N3O3S/c1-34(32,33)24-9-7-21(8-10-24)19-30-16-13-27(26(30)31)11-14-29(15-12-27)20-23-17-28-18-25(23)22-5-3-2-4-6-22/h2-10,23,25,28H,11-20H2,1H3/t23-,25-/m1/s1. The molecule has 3 fully saturated rings. The number of nitrogens with zero attached hydrogens (tertiary/aromatic N) is 2. The van der Waals surface area contributed by atoms with Crippen molar-refractivity contribution in [2.24, 2.45) is 11.3 Å². The second kappa shape index (κ2) is 9.44. The summed E-state index contributed by atoms with van der Waals surface area (Å²) >= 11 is 0. The lowest BCUT2D eigenvalue weighted by atomic mass is 9.76. The molecule has 3 saturated heterocycles. The fourth-order valence-electron chi connectivity index (χ4n) is 6.08. The number of hydrogen-bond acceptors (Lipinski definition) is 5. The van der Waals surface area contributed by atoms with Crippen LogP contribution in [0.25, 0.3) is 0 Å². The molecule has 1 N–H and O–H groups in total. The van der Waals surface area contributed by atoms with Crippen LogP contribution in [0.5, 0.6) is 0 Å². The van der Waals surface area contributed by atoms with Crippen molar-refractivity contribution in [3.05, 3.63) is 65.7 Å². The Hall–Kier alpha value is -2.22. The number of nitrogens with one attached hydrogen (secondary N) is 1. The maximum atomic E-state index is 13.4. The van der Waals surface area contributed by atoms with E-state index in [1.54, 1.807) is 12.1 Å². The van der Waals surface area contributed by atoms with E-state index in [4.69, 9.17) is 0 Å². The van der Waals surface area contributed by atoms with Crippen LogP contribution in [0, 0.1) is 11.3 Å². The molecule has 0 radical (unpaired) electrons. The first-order valence-electron chi connectivity index (χ1n) is 12.4. The summed E-state index contributed by atoms with van der Waals surface area (Å²) in [6, 6.07) is 17.8. The molecule has 5 rings (SSSR count). The van der Waals surface area contributed by atoms with Crippen LogP contribution in [-0.4, -0.2) is 69.6 Å². The second-order valence-corrected chi connectivity index (χ2v) is 12.4. The van der Waals surface area contributed by atoms with E-state index in [1.165, 1.54) is 11.8 Å². The van der Waals surface area contributed by atoms with E-state index in [-0.39, 0.29) is 11.3 Å². The number of carbonyl (C=O) groups excluding carboxylic acids is 1. The van der Waals surface area contributed by atoms with Crippen LogP contribution in [0.15, 0.2) is 59.5 Å². The predicted octanol–water partition coefficient (Wildman–Crippen LogP) is 2.91. The van der Waals surface area contributed by atoms with Gasteiger partial charge in [-0.3, -0.25) is 4.79 Å². The molecular formula is C27H35N3O3S. The van der Waals surface area contributed by atoms with Crippen LogP contribution in [0.1, 0.15) is 36.3 Å². The van der Waals surface area contributed by atoms with Gasteiger partial charge in [0.05, 0.1) is 10.3 Å². The van der Waals surface area contributed by atoms with E-state index in [1.807, 2.05) is 17.0 Å². The zero-order valence-corrected chi connectivity index (χ0v) is 20.8. The van der Waals surface area contributed by atoms with Crippen molar-refractivity contribution in [2.45, 2.75) is 36.6 Å². The number of amides is 1. The molecule has 0 bridgehead atoms. The molecule has 1 spiro atoms. The lowest BCUT2D eigenvalue weighted by Gasteiger charge is -2.39. The number of hydrogen-bond donors (Lipinski definition) is 1. The van der Waals surface area contributed by atoms with Gasteiger partial charge >= 0.3 is 0 Å². The molecule has 34 heavy (non-hydrogen) atoms. The number of benzene rings is 2. The van der Waals surface area contributed by atoms with E-state index in [9.17, 15) is 13.2 Å². The maximum Gasteiger partial charge on any atom is 0.229 e. The SMILES string of the molecule is CS(=O)(=O)c1ccc(CN2CCC3(CCN(C[C@H]4CNC[C@@H]4c4ccccc4)CC3)C2=O)cc1. The minimum Gasteiger partial charge on any atom is -0.338 e. The van der Waals surface area contributed by atoms with Crippen molar-refractivity contribution in [1.82, 2.24) is 15.1 Å². The first-order valence-corrected chi connectivity index (χ1v) is 14.3. The molecule has 0 aromatic heterocycles. The fraction of sp³-hybridized carbons (Fsp3) is 0.519. The summed E-state index contributed by atoms with van der Waals surface area (Å²) in [6.07, 6.45) is 4.02. The Bertz CT molecular complexity index is 1110. The van der Waals surface area contributed by atoms with Crippen LogP contribution >= 0.6 is 0 Å². The van der Waals surface area contributed by atoms with E-state index in [0.717, 1.165) is 64.1 Å². The molecule has 0 unspecified atom stereocenters. The Morgan fingerprint density at radius 1 is 0.941 bits per heavy atom. The molecule has 1 amide bonds. The van der Waals surface area contributed by atoms with Crippen molar-refractivity contribution >= 4 is 15.7 Å². The van der Waals surface area contributed by atoms with Crippen molar-refractivity contribution in [3.63, 3.8) is 0 Å². The van der Waals surface area contributed by atoms with Gasteiger partial charge in [-0.1, -0.05) is 42.5 Å². The topological polar surface area (TPSA) is 69.7 Å². The second-order valence-electron chi connectivity index (χ2n) is 10.4. The number of piperidine rings is 1. The van der Waals surface area contributed by atoms with Gasteiger partial charge in [0.1, 0.15) is 0 Å². The number of likely N-dealkylation sites (tertiary alicyclic amines) is 2. The minimum absolute atomic E-state index is 0.212. The Kier molecular flexibility index (Phi) is 6.53. The molecule has 0 aliphatic carbocycles. The summed E-state index contributed by atoms with van der Waals surface area (Å²) < 4.78 is 23.4. The molecule has 3 heterocycles. The van der Waals surface area contributed by atoms with Crippen molar-refractivity contribution in [1.29, 1.82) is 0 Å². The van der Waals surface area contributed by atoms with Gasteiger partial charge in [0, 0.05) is 38.4 Å². The highest BCUT2D eigenvalue weighted by atomic mass is 32.2. The average Bonchev–Trinajstić information content (AvgIpc) is 3.41. The summed E-state index contributed by atoms with van der Waals surface area (Å²) in [6.45, 7) is 6.52. The molecule has 3 aliphatic rings. The van der Waals surface area contributed by atoms with E-state index in [0.29, 0.717) is 23.3 Å². The summed E-state index contributed by atoms with van der Waals surface area (Å²) in [5.41, 5.74) is 2.20. The van der Waals surface area contributed by atoms with E-state index in [2.05, 4.69) is 40.5 Å². The highest BCUT2D eigenvalue weighted by Crippen LogP contribution is 2.42. The Balaban J connectivity index is 1.16. The Labute approximate surface area is 203 Å². The van der Waals surface area contributed by atoms with Crippen LogP contribution in [0.3, 0.4) is 0 Å².